The van der Waals surface area contributed by atoms with Crippen molar-refractivity contribution >= 4 is 5.97 Å². The first kappa shape index (κ1) is 23.9. The Morgan fingerprint density at radius 1 is 1.03 bits per heavy atom. The van der Waals surface area contributed by atoms with Gasteiger partial charge < -0.3 is 14.2 Å². The summed E-state index contributed by atoms with van der Waals surface area (Å²) < 4.78 is 17.1. The molecule has 0 amide bonds. The van der Waals surface area contributed by atoms with Crippen molar-refractivity contribution in [2.45, 2.75) is 59.0 Å². The lowest BCUT2D eigenvalue weighted by atomic mass is 9.91. The third-order valence-corrected chi connectivity index (χ3v) is 6.48. The zero-order chi connectivity index (χ0) is 24.2. The van der Waals surface area contributed by atoms with Crippen molar-refractivity contribution in [1.29, 1.82) is 0 Å². The molecule has 1 aliphatic rings. The smallest absolute Gasteiger partial charge is 0.306 e. The lowest BCUT2D eigenvalue weighted by Gasteiger charge is -2.21. The third kappa shape index (κ3) is 5.11. The van der Waals surface area contributed by atoms with Crippen molar-refractivity contribution < 1.29 is 19.0 Å². The Morgan fingerprint density at radius 2 is 1.76 bits per heavy atom. The van der Waals surface area contributed by atoms with Crippen molar-refractivity contribution in [2.24, 2.45) is 0 Å². The highest BCUT2D eigenvalue weighted by atomic mass is 16.5. The van der Waals surface area contributed by atoms with Crippen molar-refractivity contribution in [2.75, 3.05) is 13.7 Å². The van der Waals surface area contributed by atoms with Gasteiger partial charge in [-0.3, -0.25) is 4.79 Å². The molecule has 0 aromatic heterocycles. The van der Waals surface area contributed by atoms with Crippen molar-refractivity contribution in [3.05, 3.63) is 82.4 Å². The summed E-state index contributed by atoms with van der Waals surface area (Å²) in [5.74, 6) is 1.73. The largest absolute Gasteiger partial charge is 0.493 e. The van der Waals surface area contributed by atoms with Gasteiger partial charge in [-0.25, -0.2) is 0 Å². The molecule has 0 saturated heterocycles. The molecule has 0 fully saturated rings. The first-order valence-electron chi connectivity index (χ1n) is 12.0. The van der Waals surface area contributed by atoms with Gasteiger partial charge in [0.05, 0.1) is 26.2 Å². The number of rotatable bonds is 8. The highest BCUT2D eigenvalue weighted by molar-refractivity contribution is 5.77. The molecular formula is C30H34O4. The fourth-order valence-electron chi connectivity index (χ4n) is 4.80. The minimum Gasteiger partial charge on any atom is -0.493 e. The molecule has 1 atom stereocenters. The van der Waals surface area contributed by atoms with E-state index in [2.05, 4.69) is 82.3 Å². The van der Waals surface area contributed by atoms with E-state index in [9.17, 15) is 4.79 Å². The van der Waals surface area contributed by atoms with Gasteiger partial charge >= 0.3 is 5.97 Å². The van der Waals surface area contributed by atoms with Crippen LogP contribution in [0.1, 0.15) is 54.0 Å². The number of esters is 1. The lowest BCUT2D eigenvalue weighted by molar-refractivity contribution is -0.141. The number of carbonyl (C=O) groups is 1. The quantitative estimate of drug-likeness (QED) is 0.358. The van der Waals surface area contributed by atoms with Crippen molar-refractivity contribution in [3.63, 3.8) is 0 Å². The van der Waals surface area contributed by atoms with Crippen LogP contribution in [-0.4, -0.2) is 25.8 Å². The number of ether oxygens (including phenoxy) is 3. The molecule has 178 valence electrons. The van der Waals surface area contributed by atoms with Gasteiger partial charge in [0.2, 0.25) is 0 Å². The molecule has 3 aromatic rings. The Morgan fingerprint density at radius 3 is 2.47 bits per heavy atom. The average Bonchev–Trinajstić information content (AvgIpc) is 3.20. The molecule has 0 unspecified atom stereocenters. The number of aryl methyl sites for hydroxylation is 4. The molecule has 0 N–H and O–H groups in total. The molecule has 0 radical (unpaired) electrons. The third-order valence-electron chi connectivity index (χ3n) is 6.48. The van der Waals surface area contributed by atoms with E-state index >= 15 is 0 Å². The average molecular weight is 459 g/mol. The molecule has 3 aromatic carbocycles. The highest BCUT2D eigenvalue weighted by Gasteiger charge is 2.27. The monoisotopic (exact) mass is 458 g/mol. The number of hydrogen-bond donors (Lipinski definition) is 0. The second kappa shape index (κ2) is 10.3. The van der Waals surface area contributed by atoms with Crippen LogP contribution in [0.4, 0.5) is 0 Å². The molecule has 4 nitrogen and oxygen atoms in total. The number of fused-ring (bicyclic) bond motifs is 1. The molecular weight excluding hydrogens is 424 g/mol. The fraction of sp³-hybridized carbons (Fsp3) is 0.367. The van der Waals surface area contributed by atoms with Crippen LogP contribution < -0.4 is 9.47 Å². The van der Waals surface area contributed by atoms with Gasteiger partial charge in [0.25, 0.3) is 0 Å². The Bertz CT molecular complexity index is 1160. The van der Waals surface area contributed by atoms with Gasteiger partial charge in [0, 0.05) is 17.0 Å². The van der Waals surface area contributed by atoms with Crippen LogP contribution in [0, 0.1) is 13.8 Å². The summed E-state index contributed by atoms with van der Waals surface area (Å²) in [7, 11) is 1.43. The van der Waals surface area contributed by atoms with E-state index in [1.807, 2.05) is 0 Å². The van der Waals surface area contributed by atoms with Crippen molar-refractivity contribution in [3.8, 4) is 22.6 Å². The molecule has 0 bridgehead atoms. The van der Waals surface area contributed by atoms with Gasteiger partial charge in [-0.2, -0.15) is 0 Å². The van der Waals surface area contributed by atoms with Crippen LogP contribution in [0.15, 0.2) is 54.6 Å². The van der Waals surface area contributed by atoms with E-state index in [-0.39, 0.29) is 18.0 Å². The molecule has 4 rings (SSSR count). The molecule has 4 heteroatoms. The van der Waals surface area contributed by atoms with Crippen LogP contribution in [0.2, 0.25) is 0 Å². The SMILES string of the molecule is COC(=O)C[C@@H]1COc2cc(CCc3cccc(-c4c(C)cccc4C)c3OC(C)C)ccc21. The summed E-state index contributed by atoms with van der Waals surface area (Å²) in [5.41, 5.74) is 8.43. The van der Waals surface area contributed by atoms with E-state index in [1.165, 1.54) is 34.9 Å². The molecule has 34 heavy (non-hydrogen) atoms. The second-order valence-corrected chi connectivity index (χ2v) is 9.39. The van der Waals surface area contributed by atoms with E-state index in [0.29, 0.717) is 13.0 Å². The van der Waals surface area contributed by atoms with Gasteiger partial charge in [-0.1, -0.05) is 48.5 Å². The number of hydrogen-bond acceptors (Lipinski definition) is 4. The second-order valence-electron chi connectivity index (χ2n) is 9.39. The number of methoxy groups -OCH3 is 1. The fourth-order valence-corrected chi connectivity index (χ4v) is 4.80. The number of carbonyl (C=O) groups excluding carboxylic acids is 1. The summed E-state index contributed by atoms with van der Waals surface area (Å²) in [6, 6.07) is 19.3. The van der Waals surface area contributed by atoms with E-state index < -0.39 is 0 Å². The highest BCUT2D eigenvalue weighted by Crippen LogP contribution is 2.39. The van der Waals surface area contributed by atoms with Crippen LogP contribution in [0.3, 0.4) is 0 Å². The van der Waals surface area contributed by atoms with Crippen LogP contribution >= 0.6 is 0 Å². The Kier molecular flexibility index (Phi) is 7.26. The zero-order valence-corrected chi connectivity index (χ0v) is 20.8. The zero-order valence-electron chi connectivity index (χ0n) is 20.8. The number of benzene rings is 3. The summed E-state index contributed by atoms with van der Waals surface area (Å²) >= 11 is 0. The van der Waals surface area contributed by atoms with Gasteiger partial charge in [0.15, 0.2) is 0 Å². The minimum atomic E-state index is -0.202. The van der Waals surface area contributed by atoms with Crippen LogP contribution in [0.5, 0.6) is 11.5 Å². The maximum Gasteiger partial charge on any atom is 0.306 e. The molecule has 0 spiro atoms. The molecule has 0 saturated carbocycles. The Hall–Kier alpha value is -3.27. The first-order valence-corrected chi connectivity index (χ1v) is 12.0. The lowest BCUT2D eigenvalue weighted by Crippen LogP contribution is -2.10. The van der Waals surface area contributed by atoms with E-state index in [0.717, 1.165) is 35.5 Å². The van der Waals surface area contributed by atoms with E-state index in [1.54, 1.807) is 0 Å². The summed E-state index contributed by atoms with van der Waals surface area (Å²) in [5, 5.41) is 0. The van der Waals surface area contributed by atoms with Crippen LogP contribution in [0.25, 0.3) is 11.1 Å². The Labute approximate surface area is 202 Å². The summed E-state index contributed by atoms with van der Waals surface area (Å²) in [4.78, 5) is 11.7. The summed E-state index contributed by atoms with van der Waals surface area (Å²) in [6.07, 6.45) is 2.18. The van der Waals surface area contributed by atoms with Crippen LogP contribution in [-0.2, 0) is 22.4 Å². The topological polar surface area (TPSA) is 44.8 Å². The normalized spacial score (nSPS) is 14.6. The standard InChI is InChI=1S/C30H34O4/c1-19(2)34-30-23(10-7-11-26(30)29-20(3)8-6-9-21(29)4)14-12-22-13-15-25-24(17-28(31)32-5)18-33-27(25)16-22/h6-11,13,15-16,19,24H,12,14,17-18H2,1-5H3/t24-/m1/s1. The van der Waals surface area contributed by atoms with Gasteiger partial charge in [-0.15, -0.1) is 0 Å². The maximum atomic E-state index is 11.7. The predicted octanol–water partition coefficient (Wildman–Crippen LogP) is 6.58. The predicted molar refractivity (Wildman–Crippen MR) is 136 cm³/mol. The number of para-hydroxylation sites is 1. The minimum absolute atomic E-state index is 0.0663. The Balaban J connectivity index is 1.59. The van der Waals surface area contributed by atoms with Gasteiger partial charge in [0.1, 0.15) is 11.5 Å². The molecule has 0 aliphatic carbocycles. The van der Waals surface area contributed by atoms with E-state index in [4.69, 9.17) is 14.2 Å². The maximum absolute atomic E-state index is 11.7. The molecule has 1 heterocycles. The first-order chi connectivity index (χ1) is 16.4. The summed E-state index contributed by atoms with van der Waals surface area (Å²) in [6.45, 7) is 9.00. The van der Waals surface area contributed by atoms with Gasteiger partial charge in [-0.05, 0) is 74.4 Å². The van der Waals surface area contributed by atoms with Crippen molar-refractivity contribution in [1.82, 2.24) is 0 Å². The molecule has 1 aliphatic heterocycles.